The molecule has 2 rings (SSSR count). The summed E-state index contributed by atoms with van der Waals surface area (Å²) in [4.78, 5) is 26.3. The smallest absolute Gasteiger partial charge is 0.320 e. The van der Waals surface area contributed by atoms with Gasteiger partial charge in [0.25, 0.3) is 0 Å². The van der Waals surface area contributed by atoms with Crippen LogP contribution in [0.4, 0.5) is 4.79 Å². The zero-order valence-corrected chi connectivity index (χ0v) is 11.7. The number of hydrogen-bond acceptors (Lipinski definition) is 2. The van der Waals surface area contributed by atoms with E-state index in [4.69, 9.17) is 5.11 Å². The number of nitrogens with zero attached hydrogens (tertiary/aromatic N) is 2. The van der Waals surface area contributed by atoms with Crippen LogP contribution in [0.25, 0.3) is 0 Å². The van der Waals surface area contributed by atoms with Crippen molar-refractivity contribution in [1.29, 1.82) is 0 Å². The van der Waals surface area contributed by atoms with Gasteiger partial charge in [-0.3, -0.25) is 4.79 Å². The van der Waals surface area contributed by atoms with Crippen LogP contribution < -0.4 is 0 Å². The van der Waals surface area contributed by atoms with Crippen LogP contribution in [0.3, 0.4) is 0 Å². The molecule has 2 aliphatic rings. The highest BCUT2D eigenvalue weighted by atomic mass is 16.4. The maximum absolute atomic E-state index is 12.1. The summed E-state index contributed by atoms with van der Waals surface area (Å²) in [7, 11) is 1.89. The Labute approximate surface area is 114 Å². The Morgan fingerprint density at radius 3 is 2.63 bits per heavy atom. The second-order valence-electron chi connectivity index (χ2n) is 5.80. The van der Waals surface area contributed by atoms with Crippen LogP contribution >= 0.6 is 0 Å². The van der Waals surface area contributed by atoms with Gasteiger partial charge in [0.15, 0.2) is 0 Å². The van der Waals surface area contributed by atoms with E-state index in [9.17, 15) is 9.59 Å². The molecule has 2 fully saturated rings. The van der Waals surface area contributed by atoms with Crippen molar-refractivity contribution < 1.29 is 14.7 Å². The van der Waals surface area contributed by atoms with E-state index in [0.29, 0.717) is 24.9 Å². The Bertz CT molecular complexity index is 340. The third-order valence-electron chi connectivity index (χ3n) is 4.49. The number of rotatable bonds is 5. The second kappa shape index (κ2) is 6.26. The first kappa shape index (κ1) is 14.2. The first-order valence-corrected chi connectivity index (χ1v) is 7.33. The third kappa shape index (κ3) is 3.39. The fourth-order valence-electron chi connectivity index (χ4n) is 3.38. The highest BCUT2D eigenvalue weighted by Gasteiger charge is 2.38. The maximum Gasteiger partial charge on any atom is 0.320 e. The van der Waals surface area contributed by atoms with Crippen LogP contribution in [0.2, 0.25) is 0 Å². The van der Waals surface area contributed by atoms with E-state index in [-0.39, 0.29) is 12.5 Å². The molecule has 1 aliphatic heterocycles. The fraction of sp³-hybridized carbons (Fsp3) is 0.857. The maximum atomic E-state index is 12.1. The molecule has 2 amide bonds. The Hall–Kier alpha value is -1.26. The van der Waals surface area contributed by atoms with Crippen molar-refractivity contribution in [3.63, 3.8) is 0 Å². The summed E-state index contributed by atoms with van der Waals surface area (Å²) in [5, 5.41) is 8.65. The monoisotopic (exact) mass is 268 g/mol. The van der Waals surface area contributed by atoms with Crippen LogP contribution in [-0.4, -0.2) is 53.1 Å². The number of likely N-dealkylation sites (N-methyl/N-ethyl adjacent to an activating group) is 1. The number of carboxylic acid groups (broad SMARTS) is 1. The Balaban J connectivity index is 1.86. The molecule has 1 saturated heterocycles. The lowest BCUT2D eigenvalue weighted by molar-refractivity contribution is -0.137. The van der Waals surface area contributed by atoms with Gasteiger partial charge in [-0.15, -0.1) is 0 Å². The molecule has 1 atom stereocenters. The molecule has 1 saturated carbocycles. The van der Waals surface area contributed by atoms with E-state index in [1.165, 1.54) is 32.1 Å². The van der Waals surface area contributed by atoms with Crippen LogP contribution in [0, 0.1) is 5.92 Å². The molecule has 108 valence electrons. The SMILES string of the molecule is CN1C(=O)N(CCCC(=O)O)CC1C1CCCCC1. The first-order valence-electron chi connectivity index (χ1n) is 7.33. The molecule has 0 bridgehead atoms. The van der Waals surface area contributed by atoms with Crippen molar-refractivity contribution in [2.45, 2.75) is 51.0 Å². The largest absolute Gasteiger partial charge is 0.481 e. The van der Waals surface area contributed by atoms with E-state index < -0.39 is 5.97 Å². The Morgan fingerprint density at radius 2 is 2.00 bits per heavy atom. The number of aliphatic carboxylic acids is 1. The molecule has 5 heteroatoms. The molecule has 1 unspecified atom stereocenters. The molecule has 1 N–H and O–H groups in total. The molecule has 1 aliphatic carbocycles. The van der Waals surface area contributed by atoms with Crippen molar-refractivity contribution >= 4 is 12.0 Å². The standard InChI is InChI=1S/C14H24N2O3/c1-15-12(11-6-3-2-4-7-11)10-16(14(15)19)9-5-8-13(17)18/h11-12H,2-10H2,1H3,(H,17,18). The molecular formula is C14H24N2O3. The van der Waals surface area contributed by atoms with Gasteiger partial charge in [0.1, 0.15) is 0 Å². The van der Waals surface area contributed by atoms with Crippen molar-refractivity contribution in [2.24, 2.45) is 5.92 Å². The first-order chi connectivity index (χ1) is 9.09. The fourth-order valence-corrected chi connectivity index (χ4v) is 3.38. The average Bonchev–Trinajstić information content (AvgIpc) is 2.68. The summed E-state index contributed by atoms with van der Waals surface area (Å²) in [6, 6.07) is 0.401. The van der Waals surface area contributed by atoms with E-state index >= 15 is 0 Å². The predicted molar refractivity (Wildman–Crippen MR) is 72.0 cm³/mol. The third-order valence-corrected chi connectivity index (χ3v) is 4.49. The minimum absolute atomic E-state index is 0.0703. The molecule has 0 aromatic rings. The number of amides is 2. The molecule has 0 aromatic carbocycles. The van der Waals surface area contributed by atoms with Gasteiger partial charge in [0.2, 0.25) is 0 Å². The summed E-state index contributed by atoms with van der Waals surface area (Å²) >= 11 is 0. The Morgan fingerprint density at radius 1 is 1.32 bits per heavy atom. The van der Waals surface area contributed by atoms with Gasteiger partial charge in [0, 0.05) is 26.6 Å². The number of carbonyl (C=O) groups is 2. The van der Waals surface area contributed by atoms with Crippen molar-refractivity contribution in [2.75, 3.05) is 20.1 Å². The second-order valence-corrected chi connectivity index (χ2v) is 5.80. The lowest BCUT2D eigenvalue weighted by Crippen LogP contribution is -2.37. The predicted octanol–water partition coefficient (Wildman–Crippen LogP) is 2.17. The van der Waals surface area contributed by atoms with Crippen molar-refractivity contribution in [1.82, 2.24) is 9.80 Å². The summed E-state index contributed by atoms with van der Waals surface area (Å²) in [6.45, 7) is 1.35. The van der Waals surface area contributed by atoms with Gasteiger partial charge in [-0.2, -0.15) is 0 Å². The minimum Gasteiger partial charge on any atom is -0.481 e. The van der Waals surface area contributed by atoms with Gasteiger partial charge < -0.3 is 14.9 Å². The average molecular weight is 268 g/mol. The van der Waals surface area contributed by atoms with Gasteiger partial charge >= 0.3 is 12.0 Å². The van der Waals surface area contributed by atoms with Gasteiger partial charge in [-0.25, -0.2) is 4.79 Å². The normalized spacial score (nSPS) is 25.1. The molecule has 5 nitrogen and oxygen atoms in total. The van der Waals surface area contributed by atoms with E-state index in [2.05, 4.69) is 0 Å². The summed E-state index contributed by atoms with van der Waals surface area (Å²) < 4.78 is 0. The molecule has 19 heavy (non-hydrogen) atoms. The van der Waals surface area contributed by atoms with E-state index in [1.54, 1.807) is 0 Å². The zero-order chi connectivity index (χ0) is 13.8. The summed E-state index contributed by atoms with van der Waals surface area (Å²) in [5.74, 6) is -0.156. The quantitative estimate of drug-likeness (QED) is 0.831. The Kier molecular flexibility index (Phi) is 4.66. The number of carbonyl (C=O) groups excluding carboxylic acids is 1. The molecule has 0 aromatic heterocycles. The van der Waals surface area contributed by atoms with Crippen LogP contribution in [-0.2, 0) is 4.79 Å². The van der Waals surface area contributed by atoms with Gasteiger partial charge in [-0.05, 0) is 25.2 Å². The van der Waals surface area contributed by atoms with Crippen LogP contribution in [0.15, 0.2) is 0 Å². The highest BCUT2D eigenvalue weighted by molar-refractivity contribution is 5.77. The van der Waals surface area contributed by atoms with Gasteiger partial charge in [0.05, 0.1) is 6.04 Å². The molecule has 1 heterocycles. The topological polar surface area (TPSA) is 60.9 Å². The van der Waals surface area contributed by atoms with E-state index in [1.807, 2.05) is 16.8 Å². The van der Waals surface area contributed by atoms with Crippen LogP contribution in [0.5, 0.6) is 0 Å². The number of hydrogen-bond donors (Lipinski definition) is 1. The lowest BCUT2D eigenvalue weighted by atomic mass is 9.84. The lowest BCUT2D eigenvalue weighted by Gasteiger charge is -2.30. The number of carboxylic acids is 1. The number of urea groups is 1. The molecule has 0 spiro atoms. The summed E-state index contributed by atoms with van der Waals surface area (Å²) in [6.07, 6.45) is 7.03. The molecular weight excluding hydrogens is 244 g/mol. The van der Waals surface area contributed by atoms with Gasteiger partial charge in [-0.1, -0.05) is 19.3 Å². The van der Waals surface area contributed by atoms with E-state index in [0.717, 1.165) is 6.54 Å². The summed E-state index contributed by atoms with van der Waals surface area (Å²) in [5.41, 5.74) is 0. The minimum atomic E-state index is -0.788. The zero-order valence-electron chi connectivity index (χ0n) is 11.7. The van der Waals surface area contributed by atoms with Crippen LogP contribution in [0.1, 0.15) is 44.9 Å². The highest BCUT2D eigenvalue weighted by Crippen LogP contribution is 2.32. The van der Waals surface area contributed by atoms with Crippen molar-refractivity contribution in [3.8, 4) is 0 Å². The molecule has 0 radical (unpaired) electrons. The van der Waals surface area contributed by atoms with Crippen molar-refractivity contribution in [3.05, 3.63) is 0 Å².